The summed E-state index contributed by atoms with van der Waals surface area (Å²) in [6.07, 6.45) is 0. The monoisotopic (exact) mass is 1190 g/mol. The minimum absolute atomic E-state index is 0.0664. The van der Waals surface area contributed by atoms with Crippen molar-refractivity contribution in [1.82, 2.24) is 0 Å². The molecule has 0 fully saturated rings. The Bertz CT molecular complexity index is 4890. The van der Waals surface area contributed by atoms with Crippen molar-refractivity contribution in [2.45, 2.75) is 97.8 Å². The predicted octanol–water partition coefficient (Wildman–Crippen LogP) is 22.4. The minimum atomic E-state index is -0.145. The highest BCUT2D eigenvalue weighted by Gasteiger charge is 2.45. The third-order valence-electron chi connectivity index (χ3n) is 20.7. The van der Waals surface area contributed by atoms with E-state index in [1.807, 2.05) is 22.7 Å². The summed E-state index contributed by atoms with van der Waals surface area (Å²) in [6, 6.07) is 85.6. The molecule has 0 amide bonds. The van der Waals surface area contributed by atoms with E-state index in [-0.39, 0.29) is 28.4 Å². The van der Waals surface area contributed by atoms with E-state index in [9.17, 15) is 0 Å². The topological polar surface area (TPSA) is 6.48 Å². The Hall–Kier alpha value is -9.00. The first kappa shape index (κ1) is 55.1. The standard InChI is InChI=1S/C85H71BN2S2/c1-50-38-77-81-78(39-50)88(60-43-54(41-56(45-60)62-21-17-25-80-68(62)35-37-90-80)52-27-31-66-64-19-13-15-23-70(64)85(10,11)72(66)47-52)76-33-29-58(83(5,6)7)49-74(76)86(81)73-48-57(82(2,3)4)28-32-75(73)87(77)59-42-53(40-55(44-59)61-20-16-24-79-67(61)34-36-89-79)51-26-30-65-63-18-12-14-22-69(63)84(8,9)71(65)46-51/h12-49H,1-11H3. The van der Waals surface area contributed by atoms with E-state index in [1.54, 1.807) is 0 Å². The van der Waals surface area contributed by atoms with Crippen molar-refractivity contribution in [3.63, 3.8) is 0 Å². The van der Waals surface area contributed by atoms with Crippen LogP contribution in [0.25, 0.3) is 86.9 Å². The summed E-state index contributed by atoms with van der Waals surface area (Å²) in [5, 5.41) is 7.05. The fourth-order valence-electron chi connectivity index (χ4n) is 16.0. The lowest BCUT2D eigenvalue weighted by Crippen LogP contribution is -2.61. The molecule has 0 bridgehead atoms. The molecule has 436 valence electrons. The van der Waals surface area contributed by atoms with Gasteiger partial charge in [0.1, 0.15) is 0 Å². The Labute approximate surface area is 538 Å². The first-order valence-corrected chi connectivity index (χ1v) is 33.8. The van der Waals surface area contributed by atoms with Crippen molar-refractivity contribution >= 4 is 100 Å². The van der Waals surface area contributed by atoms with E-state index in [2.05, 4.69) is 315 Å². The number of nitrogens with zero attached hydrogens (tertiary/aromatic N) is 2. The van der Waals surface area contributed by atoms with Crippen LogP contribution in [0.2, 0.25) is 0 Å². The molecule has 2 nitrogen and oxygen atoms in total. The maximum Gasteiger partial charge on any atom is 0.252 e. The summed E-state index contributed by atoms with van der Waals surface area (Å²) in [5.41, 5.74) is 35.1. The molecule has 90 heavy (non-hydrogen) atoms. The molecule has 0 saturated heterocycles. The summed E-state index contributed by atoms with van der Waals surface area (Å²) >= 11 is 3.63. The lowest BCUT2D eigenvalue weighted by molar-refractivity contribution is 0.590. The summed E-state index contributed by atoms with van der Waals surface area (Å²) in [5.74, 6) is 0. The molecule has 0 atom stereocenters. The van der Waals surface area contributed by atoms with Gasteiger partial charge in [0.25, 0.3) is 6.71 Å². The van der Waals surface area contributed by atoms with E-state index in [1.165, 1.54) is 165 Å². The zero-order chi connectivity index (χ0) is 61.5. The van der Waals surface area contributed by atoms with Crippen LogP contribution in [0.5, 0.6) is 0 Å². The highest BCUT2D eigenvalue weighted by molar-refractivity contribution is 7.17. The van der Waals surface area contributed by atoms with E-state index < -0.39 is 0 Å². The summed E-state index contributed by atoms with van der Waals surface area (Å²) in [7, 11) is 0. The molecule has 0 radical (unpaired) electrons. The highest BCUT2D eigenvalue weighted by atomic mass is 32.1. The van der Waals surface area contributed by atoms with Gasteiger partial charge in [-0.15, -0.1) is 22.7 Å². The van der Waals surface area contributed by atoms with Gasteiger partial charge >= 0.3 is 0 Å². The zero-order valence-corrected chi connectivity index (χ0v) is 54.9. The Kier molecular flexibility index (Phi) is 11.9. The minimum Gasteiger partial charge on any atom is -0.311 e. The van der Waals surface area contributed by atoms with Gasteiger partial charge in [-0.3, -0.25) is 0 Å². The molecule has 0 spiro atoms. The maximum atomic E-state index is 2.65. The third kappa shape index (κ3) is 8.28. The summed E-state index contributed by atoms with van der Waals surface area (Å²) in [4.78, 5) is 5.30. The van der Waals surface area contributed by atoms with Crippen LogP contribution < -0.4 is 26.2 Å². The van der Waals surface area contributed by atoms with Crippen LogP contribution in [0.4, 0.5) is 34.1 Å². The normalized spacial score (nSPS) is 14.7. The lowest BCUT2D eigenvalue weighted by Gasteiger charge is -2.45. The van der Waals surface area contributed by atoms with Gasteiger partial charge in [-0.2, -0.15) is 0 Å². The number of hydrogen-bond donors (Lipinski definition) is 0. The Balaban J connectivity index is 0.937. The quantitative estimate of drug-likeness (QED) is 0.153. The lowest BCUT2D eigenvalue weighted by atomic mass is 9.33. The molecule has 2 aromatic heterocycles. The van der Waals surface area contributed by atoms with Crippen LogP contribution in [0, 0.1) is 6.92 Å². The summed E-state index contributed by atoms with van der Waals surface area (Å²) in [6.45, 7) is 26.0. The number of anilines is 6. The van der Waals surface area contributed by atoms with E-state index in [0.717, 1.165) is 11.4 Å². The number of rotatable bonds is 6. The van der Waals surface area contributed by atoms with Gasteiger partial charge in [0.05, 0.1) is 0 Å². The van der Waals surface area contributed by atoms with Crippen LogP contribution in [0.3, 0.4) is 0 Å². The molecule has 13 aromatic rings. The summed E-state index contributed by atoms with van der Waals surface area (Å²) < 4.78 is 2.59. The van der Waals surface area contributed by atoms with Gasteiger partial charge in [-0.25, -0.2) is 0 Å². The molecule has 17 rings (SSSR count). The molecule has 4 aliphatic rings. The second-order valence-corrected chi connectivity index (χ2v) is 30.9. The van der Waals surface area contributed by atoms with Gasteiger partial charge < -0.3 is 9.80 Å². The van der Waals surface area contributed by atoms with Gasteiger partial charge in [0, 0.05) is 65.1 Å². The molecular formula is C85H71BN2S2. The SMILES string of the molecule is Cc1cc2c3c(c1)N(c1cc(-c4ccc5c(c4)C(C)(C)c4ccccc4-5)cc(-c4cccc5sccc45)c1)c1ccc(C(C)(C)C)cc1B3c1cc(C(C)(C)C)ccc1N2c1cc(-c2ccc3c(c2)C(C)(C)c2ccccc2-3)cc(-c2cccc3sccc23)c1. The molecular weight excluding hydrogens is 1120 g/mol. The third-order valence-corrected chi connectivity index (χ3v) is 22.5. The van der Waals surface area contributed by atoms with Crippen LogP contribution >= 0.6 is 22.7 Å². The average Bonchev–Trinajstić information content (AvgIpc) is 0.945. The van der Waals surface area contributed by atoms with Crippen molar-refractivity contribution in [3.8, 4) is 66.8 Å². The van der Waals surface area contributed by atoms with Crippen LogP contribution in [0.15, 0.2) is 229 Å². The first-order valence-electron chi connectivity index (χ1n) is 32.0. The Morgan fingerprint density at radius 2 is 0.756 bits per heavy atom. The number of aryl methyl sites for hydroxylation is 1. The van der Waals surface area contributed by atoms with Crippen molar-refractivity contribution in [2.75, 3.05) is 9.80 Å². The van der Waals surface area contributed by atoms with Gasteiger partial charge in [-0.1, -0.05) is 191 Å². The van der Waals surface area contributed by atoms with Crippen molar-refractivity contribution in [3.05, 3.63) is 268 Å². The average molecular weight is 1200 g/mol. The number of thiophene rings is 2. The Morgan fingerprint density at radius 3 is 1.20 bits per heavy atom. The van der Waals surface area contributed by atoms with E-state index in [4.69, 9.17) is 0 Å². The second-order valence-electron chi connectivity index (χ2n) is 29.0. The van der Waals surface area contributed by atoms with Gasteiger partial charge in [-0.05, 0) is 248 Å². The second kappa shape index (κ2) is 19.5. The molecule has 0 saturated carbocycles. The smallest absolute Gasteiger partial charge is 0.252 e. The van der Waals surface area contributed by atoms with Gasteiger partial charge in [0.2, 0.25) is 0 Å². The molecule has 0 N–H and O–H groups in total. The zero-order valence-electron chi connectivity index (χ0n) is 53.2. The Morgan fingerprint density at radius 1 is 0.344 bits per heavy atom. The molecule has 2 aliphatic carbocycles. The van der Waals surface area contributed by atoms with Crippen LogP contribution in [0.1, 0.15) is 108 Å². The first-order chi connectivity index (χ1) is 43.3. The van der Waals surface area contributed by atoms with Crippen molar-refractivity contribution < 1.29 is 0 Å². The highest BCUT2D eigenvalue weighted by Crippen LogP contribution is 2.54. The number of fused-ring (bicyclic) bond motifs is 12. The fraction of sp³-hybridized carbons (Fsp3) is 0.176. The molecule has 11 aromatic carbocycles. The van der Waals surface area contributed by atoms with Crippen molar-refractivity contribution in [1.29, 1.82) is 0 Å². The fourth-order valence-corrected chi connectivity index (χ4v) is 17.6. The molecule has 2 aliphatic heterocycles. The predicted molar refractivity (Wildman–Crippen MR) is 390 cm³/mol. The molecule has 0 unspecified atom stereocenters. The molecule has 5 heteroatoms. The van der Waals surface area contributed by atoms with Crippen LogP contribution in [-0.4, -0.2) is 6.71 Å². The van der Waals surface area contributed by atoms with Crippen molar-refractivity contribution in [2.24, 2.45) is 0 Å². The van der Waals surface area contributed by atoms with Gasteiger partial charge in [0.15, 0.2) is 0 Å². The molecule has 4 heterocycles. The largest absolute Gasteiger partial charge is 0.311 e. The number of hydrogen-bond acceptors (Lipinski definition) is 4. The van der Waals surface area contributed by atoms with E-state index >= 15 is 0 Å². The maximum absolute atomic E-state index is 2.65. The van der Waals surface area contributed by atoms with E-state index in [0.29, 0.717) is 0 Å². The number of benzene rings is 11. The van der Waals surface area contributed by atoms with Crippen LogP contribution in [-0.2, 0) is 21.7 Å².